The molecule has 0 bridgehead atoms. The Kier molecular flexibility index (Phi) is 6.65. The lowest BCUT2D eigenvalue weighted by Gasteiger charge is -2.31. The van der Waals surface area contributed by atoms with Crippen LogP contribution in [0.25, 0.3) is 0 Å². The molecule has 3 N–H and O–H groups in total. The summed E-state index contributed by atoms with van der Waals surface area (Å²) >= 11 is 4.82. The highest BCUT2D eigenvalue weighted by Gasteiger charge is 2.27. The molecule has 1 saturated heterocycles. The Morgan fingerprint density at radius 3 is 2.42 bits per heavy atom. The summed E-state index contributed by atoms with van der Waals surface area (Å²) in [6, 6.07) is 0. The Balaban J connectivity index is 2.46. The smallest absolute Gasteiger partial charge is 0.221 e. The van der Waals surface area contributed by atoms with Crippen LogP contribution in [-0.4, -0.2) is 49.7 Å². The van der Waals surface area contributed by atoms with Crippen molar-refractivity contribution in [1.29, 1.82) is 0 Å². The number of rotatable bonds is 7. The van der Waals surface area contributed by atoms with E-state index in [-0.39, 0.29) is 4.99 Å². The molecule has 1 unspecified atom stereocenters. The lowest BCUT2D eigenvalue weighted by molar-refractivity contribution is 0.193. The molecule has 1 fully saturated rings. The van der Waals surface area contributed by atoms with Gasteiger partial charge in [-0.3, -0.25) is 0 Å². The van der Waals surface area contributed by atoms with Gasteiger partial charge in [0.1, 0.15) is 5.25 Å². The summed E-state index contributed by atoms with van der Waals surface area (Å²) in [5, 5.41) is -0.752. The number of sulfonamides is 1. The average Bonchev–Trinajstić information content (AvgIpc) is 2.37. The molecule has 0 saturated carbocycles. The van der Waals surface area contributed by atoms with Crippen molar-refractivity contribution in [2.75, 3.05) is 26.2 Å². The predicted molar refractivity (Wildman–Crippen MR) is 82.6 cm³/mol. The molecule has 1 rings (SSSR count). The summed E-state index contributed by atoms with van der Waals surface area (Å²) in [4.78, 5) is 2.44. The summed E-state index contributed by atoms with van der Waals surface area (Å²) in [7, 11) is -3.42. The number of likely N-dealkylation sites (tertiary alicyclic amines) is 1. The van der Waals surface area contributed by atoms with E-state index >= 15 is 0 Å². The molecule has 0 aromatic carbocycles. The van der Waals surface area contributed by atoms with E-state index < -0.39 is 15.3 Å². The third-order valence-corrected chi connectivity index (χ3v) is 6.13. The average molecular weight is 307 g/mol. The van der Waals surface area contributed by atoms with Gasteiger partial charge in [0.2, 0.25) is 10.0 Å². The standard InChI is InChI=1S/C12H25N3O2S2/c1-3-11(12(13)18)19(16,17)14-9-10-5-7-15(4-2)8-6-10/h10-11,14H,3-9H2,1-2H3,(H2,13,18). The summed E-state index contributed by atoms with van der Waals surface area (Å²) in [6.07, 6.45) is 2.50. The molecular formula is C12H25N3O2S2. The second-order valence-corrected chi connectivity index (χ2v) is 7.49. The van der Waals surface area contributed by atoms with Crippen LogP contribution in [0.1, 0.15) is 33.1 Å². The lowest BCUT2D eigenvalue weighted by Crippen LogP contribution is -2.44. The van der Waals surface area contributed by atoms with Crippen molar-refractivity contribution in [1.82, 2.24) is 9.62 Å². The Bertz CT molecular complexity index is 390. The van der Waals surface area contributed by atoms with Gasteiger partial charge < -0.3 is 10.6 Å². The third-order valence-electron chi connectivity index (χ3n) is 3.79. The topological polar surface area (TPSA) is 75.4 Å². The van der Waals surface area contributed by atoms with Crippen molar-refractivity contribution >= 4 is 27.2 Å². The summed E-state index contributed by atoms with van der Waals surface area (Å²) in [5.41, 5.74) is 5.48. The number of hydrogen-bond donors (Lipinski definition) is 2. The van der Waals surface area contributed by atoms with Gasteiger partial charge in [-0.1, -0.05) is 26.1 Å². The van der Waals surface area contributed by atoms with Crippen molar-refractivity contribution in [2.24, 2.45) is 11.7 Å². The van der Waals surface area contributed by atoms with Crippen molar-refractivity contribution in [3.05, 3.63) is 0 Å². The highest BCUT2D eigenvalue weighted by atomic mass is 32.2. The van der Waals surface area contributed by atoms with Crippen molar-refractivity contribution in [3.63, 3.8) is 0 Å². The number of thiocarbonyl (C=S) groups is 1. The molecule has 1 heterocycles. The molecule has 1 atom stereocenters. The summed E-state index contributed by atoms with van der Waals surface area (Å²) in [6.45, 7) is 7.60. The van der Waals surface area contributed by atoms with E-state index in [2.05, 4.69) is 16.5 Å². The monoisotopic (exact) mass is 307 g/mol. The second kappa shape index (κ2) is 7.52. The zero-order valence-electron chi connectivity index (χ0n) is 11.8. The first-order chi connectivity index (χ1) is 8.90. The molecule has 0 spiro atoms. The van der Waals surface area contributed by atoms with E-state index in [0.717, 1.165) is 32.5 Å². The van der Waals surface area contributed by atoms with E-state index in [1.807, 2.05) is 0 Å². The van der Waals surface area contributed by atoms with Gasteiger partial charge in [0.15, 0.2) is 0 Å². The van der Waals surface area contributed by atoms with Gasteiger partial charge in [-0.05, 0) is 44.8 Å². The molecule has 0 aliphatic carbocycles. The molecule has 0 amide bonds. The van der Waals surface area contributed by atoms with E-state index in [0.29, 0.717) is 18.9 Å². The number of nitrogens with one attached hydrogen (secondary N) is 1. The van der Waals surface area contributed by atoms with Gasteiger partial charge in [0.05, 0.1) is 4.99 Å². The third kappa shape index (κ3) is 4.98. The maximum absolute atomic E-state index is 12.1. The minimum Gasteiger partial charge on any atom is -0.392 e. The predicted octanol–water partition coefficient (Wildman–Crippen LogP) is 0.702. The first kappa shape index (κ1) is 16.8. The molecule has 1 aliphatic heterocycles. The van der Waals surface area contributed by atoms with Crippen LogP contribution in [-0.2, 0) is 10.0 Å². The zero-order chi connectivity index (χ0) is 14.5. The number of nitrogens with zero attached hydrogens (tertiary/aromatic N) is 1. The largest absolute Gasteiger partial charge is 0.392 e. The van der Waals surface area contributed by atoms with Crippen molar-refractivity contribution < 1.29 is 8.42 Å². The Morgan fingerprint density at radius 1 is 1.42 bits per heavy atom. The molecule has 112 valence electrons. The van der Waals surface area contributed by atoms with Gasteiger partial charge in [-0.25, -0.2) is 13.1 Å². The maximum atomic E-state index is 12.1. The van der Waals surface area contributed by atoms with Gasteiger partial charge in [-0.2, -0.15) is 0 Å². The van der Waals surface area contributed by atoms with Gasteiger partial charge in [-0.15, -0.1) is 0 Å². The molecule has 0 radical (unpaired) electrons. The maximum Gasteiger partial charge on any atom is 0.221 e. The fourth-order valence-corrected chi connectivity index (χ4v) is 4.38. The van der Waals surface area contributed by atoms with Crippen LogP contribution in [0.2, 0.25) is 0 Å². The summed E-state index contributed by atoms with van der Waals surface area (Å²) in [5.74, 6) is 0.418. The highest BCUT2D eigenvalue weighted by Crippen LogP contribution is 2.16. The second-order valence-electron chi connectivity index (χ2n) is 5.07. The molecular weight excluding hydrogens is 282 g/mol. The van der Waals surface area contributed by atoms with E-state index in [4.69, 9.17) is 18.0 Å². The van der Waals surface area contributed by atoms with Crippen LogP contribution in [0.3, 0.4) is 0 Å². The Labute approximate surface area is 122 Å². The Morgan fingerprint density at radius 2 is 2.00 bits per heavy atom. The van der Waals surface area contributed by atoms with E-state index in [1.54, 1.807) is 6.92 Å². The molecule has 7 heteroatoms. The molecule has 5 nitrogen and oxygen atoms in total. The molecule has 1 aliphatic rings. The fraction of sp³-hybridized carbons (Fsp3) is 0.917. The van der Waals surface area contributed by atoms with E-state index in [1.165, 1.54) is 0 Å². The van der Waals surface area contributed by atoms with Crippen LogP contribution in [0, 0.1) is 5.92 Å². The van der Waals surface area contributed by atoms with Gasteiger partial charge >= 0.3 is 0 Å². The number of hydrogen-bond acceptors (Lipinski definition) is 4. The SMILES string of the molecule is CCC(C(N)=S)S(=O)(=O)NCC1CCN(CC)CC1. The highest BCUT2D eigenvalue weighted by molar-refractivity contribution is 7.93. The van der Waals surface area contributed by atoms with Gasteiger partial charge in [0.25, 0.3) is 0 Å². The zero-order valence-corrected chi connectivity index (χ0v) is 13.4. The first-order valence-electron chi connectivity index (χ1n) is 6.90. The first-order valence-corrected chi connectivity index (χ1v) is 8.86. The molecule has 0 aromatic heterocycles. The van der Waals surface area contributed by atoms with Crippen LogP contribution in [0.4, 0.5) is 0 Å². The normalized spacial score (nSPS) is 20.3. The molecule has 19 heavy (non-hydrogen) atoms. The minimum absolute atomic E-state index is 0.0517. The number of piperidine rings is 1. The summed E-state index contributed by atoms with van der Waals surface area (Å²) < 4.78 is 26.8. The van der Waals surface area contributed by atoms with E-state index in [9.17, 15) is 8.42 Å². The lowest BCUT2D eigenvalue weighted by atomic mass is 9.97. The number of nitrogens with two attached hydrogens (primary N) is 1. The minimum atomic E-state index is -3.42. The van der Waals surface area contributed by atoms with Crippen molar-refractivity contribution in [3.8, 4) is 0 Å². The van der Waals surface area contributed by atoms with Crippen molar-refractivity contribution in [2.45, 2.75) is 38.4 Å². The van der Waals surface area contributed by atoms with Gasteiger partial charge in [0, 0.05) is 6.54 Å². The van der Waals surface area contributed by atoms with Crippen LogP contribution in [0.15, 0.2) is 0 Å². The fourth-order valence-electron chi connectivity index (χ4n) is 2.41. The van der Waals surface area contributed by atoms with Crippen LogP contribution >= 0.6 is 12.2 Å². The molecule has 0 aromatic rings. The van der Waals surface area contributed by atoms with Crippen LogP contribution < -0.4 is 10.5 Å². The quantitative estimate of drug-likeness (QED) is 0.677. The Hall–Kier alpha value is -0.240. The van der Waals surface area contributed by atoms with Crippen LogP contribution in [0.5, 0.6) is 0 Å².